The maximum atomic E-state index is 13.5. The second-order valence-corrected chi connectivity index (χ2v) is 10.3. The molecule has 4 aliphatic carbocycles. The van der Waals surface area contributed by atoms with E-state index in [9.17, 15) is 18.0 Å². The Balaban J connectivity index is 1.52. The number of aromatic nitrogens is 2. The predicted molar refractivity (Wildman–Crippen MR) is 117 cm³/mol. The molecule has 1 aromatic heterocycles. The lowest BCUT2D eigenvalue weighted by Gasteiger charge is -2.57. The highest BCUT2D eigenvalue weighted by molar-refractivity contribution is 5.93. The van der Waals surface area contributed by atoms with Crippen LogP contribution in [0.5, 0.6) is 0 Å². The molecule has 2 aromatic carbocycles. The molecule has 4 bridgehead atoms. The van der Waals surface area contributed by atoms with E-state index < -0.39 is 11.7 Å². The minimum atomic E-state index is -4.46. The minimum absolute atomic E-state index is 0.0736. The molecule has 4 aliphatic rings. The monoisotopic (exact) mass is 438 g/mol. The fraction of sp³-hybridized carbons (Fsp3) is 0.462. The third kappa shape index (κ3) is 3.26. The third-order valence-corrected chi connectivity index (χ3v) is 8.01. The van der Waals surface area contributed by atoms with Gasteiger partial charge in [0.1, 0.15) is 0 Å². The van der Waals surface area contributed by atoms with E-state index in [1.165, 1.54) is 25.3 Å². The summed E-state index contributed by atoms with van der Waals surface area (Å²) in [5, 5.41) is 0.385. The van der Waals surface area contributed by atoms with Crippen molar-refractivity contribution in [1.29, 1.82) is 0 Å². The molecule has 4 saturated carbocycles. The molecule has 7 rings (SSSR count). The van der Waals surface area contributed by atoms with Crippen molar-refractivity contribution in [2.24, 2.45) is 23.2 Å². The zero-order valence-corrected chi connectivity index (χ0v) is 17.7. The summed E-state index contributed by atoms with van der Waals surface area (Å²) in [4.78, 5) is 17.6. The van der Waals surface area contributed by atoms with Crippen LogP contribution in [0.2, 0.25) is 0 Å². The molecule has 0 amide bonds. The van der Waals surface area contributed by atoms with E-state index in [1.807, 2.05) is 6.07 Å². The number of rotatable bonds is 3. The van der Waals surface area contributed by atoms with E-state index in [0.29, 0.717) is 28.7 Å². The number of hydrogen-bond acceptors (Lipinski definition) is 2. The number of halogens is 3. The maximum Gasteiger partial charge on any atom is 0.416 e. The first-order chi connectivity index (χ1) is 15.3. The molecule has 0 aliphatic heterocycles. The molecule has 166 valence electrons. The average Bonchev–Trinajstić information content (AvgIpc) is 2.74. The predicted octanol–water partition coefficient (Wildman–Crippen LogP) is 6.30. The van der Waals surface area contributed by atoms with Crippen LogP contribution < -0.4 is 5.69 Å². The van der Waals surface area contributed by atoms with Gasteiger partial charge < -0.3 is 0 Å². The lowest BCUT2D eigenvalue weighted by molar-refractivity contribution is -0.137. The third-order valence-electron chi connectivity index (χ3n) is 8.01. The van der Waals surface area contributed by atoms with Crippen molar-refractivity contribution in [2.45, 2.75) is 51.2 Å². The van der Waals surface area contributed by atoms with Crippen LogP contribution in [0.3, 0.4) is 0 Å². The Morgan fingerprint density at radius 1 is 0.938 bits per heavy atom. The summed E-state index contributed by atoms with van der Waals surface area (Å²) in [6, 6.07) is 12.7. The first kappa shape index (κ1) is 20.0. The highest BCUT2D eigenvalue weighted by atomic mass is 19.4. The maximum absolute atomic E-state index is 13.5. The van der Waals surface area contributed by atoms with Gasteiger partial charge in [0.2, 0.25) is 0 Å². The first-order valence-electron chi connectivity index (χ1n) is 11.5. The Hall–Kier alpha value is -2.63. The zero-order valence-electron chi connectivity index (χ0n) is 17.7. The van der Waals surface area contributed by atoms with Crippen molar-refractivity contribution < 1.29 is 13.2 Å². The SMILES string of the molecule is O=c1nc(-c2ccccc2)c2cc(C(F)(F)F)ccc2n1CC12CC3CC(CC(C3)C1)C2. The van der Waals surface area contributed by atoms with Crippen molar-refractivity contribution in [3.63, 3.8) is 0 Å². The lowest BCUT2D eigenvalue weighted by atomic mass is 9.49. The Bertz CT molecular complexity index is 1210. The van der Waals surface area contributed by atoms with Gasteiger partial charge in [-0.25, -0.2) is 4.79 Å². The van der Waals surface area contributed by atoms with Gasteiger partial charge in [-0.2, -0.15) is 18.2 Å². The highest BCUT2D eigenvalue weighted by Gasteiger charge is 2.51. The van der Waals surface area contributed by atoms with E-state index in [0.717, 1.165) is 49.1 Å². The van der Waals surface area contributed by atoms with Gasteiger partial charge in [-0.15, -0.1) is 0 Å². The second-order valence-electron chi connectivity index (χ2n) is 10.3. The number of fused-ring (bicyclic) bond motifs is 1. The molecule has 3 nitrogen and oxygen atoms in total. The van der Waals surface area contributed by atoms with Gasteiger partial charge in [0.25, 0.3) is 0 Å². The molecule has 32 heavy (non-hydrogen) atoms. The summed E-state index contributed by atoms with van der Waals surface area (Å²) in [5.74, 6) is 2.20. The molecule has 0 atom stereocenters. The molecule has 0 saturated heterocycles. The molecule has 0 radical (unpaired) electrons. The normalized spacial score (nSPS) is 29.0. The molecule has 4 fully saturated rings. The van der Waals surface area contributed by atoms with Gasteiger partial charge in [0.05, 0.1) is 16.8 Å². The van der Waals surface area contributed by atoms with Crippen LogP contribution >= 0.6 is 0 Å². The second kappa shape index (κ2) is 6.93. The van der Waals surface area contributed by atoms with Crippen LogP contribution in [0.4, 0.5) is 13.2 Å². The van der Waals surface area contributed by atoms with E-state index in [2.05, 4.69) is 4.98 Å². The number of alkyl halides is 3. The van der Waals surface area contributed by atoms with Crippen LogP contribution in [-0.4, -0.2) is 9.55 Å². The molecular formula is C26H25F3N2O. The average molecular weight is 438 g/mol. The van der Waals surface area contributed by atoms with Gasteiger partial charge in [0, 0.05) is 17.5 Å². The van der Waals surface area contributed by atoms with Crippen LogP contribution in [0.25, 0.3) is 22.2 Å². The number of nitrogens with zero attached hydrogens (tertiary/aromatic N) is 2. The smallest absolute Gasteiger partial charge is 0.291 e. The standard InChI is InChI=1S/C26H25F3N2O/c27-26(28,29)20-6-7-22-21(11-20)23(19-4-2-1-3-5-19)30-24(32)31(22)15-25-12-16-8-17(13-25)10-18(9-16)14-25/h1-7,11,16-18H,8-10,12-15H2. The van der Waals surface area contributed by atoms with E-state index in [1.54, 1.807) is 28.8 Å². The molecule has 6 heteroatoms. The largest absolute Gasteiger partial charge is 0.416 e. The van der Waals surface area contributed by atoms with E-state index in [4.69, 9.17) is 0 Å². The van der Waals surface area contributed by atoms with Crippen LogP contribution in [0.15, 0.2) is 53.3 Å². The summed E-state index contributed by atoms with van der Waals surface area (Å²) >= 11 is 0. The minimum Gasteiger partial charge on any atom is -0.291 e. The zero-order chi connectivity index (χ0) is 22.1. The van der Waals surface area contributed by atoms with Crippen LogP contribution in [-0.2, 0) is 12.7 Å². The van der Waals surface area contributed by atoms with Crippen molar-refractivity contribution in [3.8, 4) is 11.3 Å². The molecular weight excluding hydrogens is 413 g/mol. The lowest BCUT2D eigenvalue weighted by Crippen LogP contribution is -2.49. The Morgan fingerprint density at radius 2 is 1.56 bits per heavy atom. The molecule has 0 spiro atoms. The van der Waals surface area contributed by atoms with Gasteiger partial charge >= 0.3 is 11.9 Å². The summed E-state index contributed by atoms with van der Waals surface area (Å²) in [7, 11) is 0. The number of hydrogen-bond donors (Lipinski definition) is 0. The molecule has 1 heterocycles. The summed E-state index contributed by atoms with van der Waals surface area (Å²) in [6.07, 6.45) is 2.80. The van der Waals surface area contributed by atoms with Gasteiger partial charge in [-0.1, -0.05) is 30.3 Å². The summed E-state index contributed by atoms with van der Waals surface area (Å²) in [6.45, 7) is 0.555. The Labute approximate surface area is 184 Å². The quantitative estimate of drug-likeness (QED) is 0.481. The summed E-state index contributed by atoms with van der Waals surface area (Å²) in [5.41, 5.74) is 0.502. The topological polar surface area (TPSA) is 34.9 Å². The Morgan fingerprint density at radius 3 is 2.16 bits per heavy atom. The van der Waals surface area contributed by atoms with Gasteiger partial charge in [0.15, 0.2) is 0 Å². The number of benzene rings is 2. The van der Waals surface area contributed by atoms with Crippen molar-refractivity contribution in [2.75, 3.05) is 0 Å². The van der Waals surface area contributed by atoms with E-state index in [-0.39, 0.29) is 11.1 Å². The fourth-order valence-electron chi connectivity index (χ4n) is 7.24. The van der Waals surface area contributed by atoms with Crippen molar-refractivity contribution in [1.82, 2.24) is 9.55 Å². The van der Waals surface area contributed by atoms with Crippen LogP contribution in [0, 0.1) is 23.2 Å². The molecule has 3 aromatic rings. The van der Waals surface area contributed by atoms with Crippen LogP contribution in [0.1, 0.15) is 44.1 Å². The van der Waals surface area contributed by atoms with Gasteiger partial charge in [-0.05, 0) is 79.9 Å². The highest BCUT2D eigenvalue weighted by Crippen LogP contribution is 2.60. The van der Waals surface area contributed by atoms with Gasteiger partial charge in [-0.3, -0.25) is 4.57 Å². The van der Waals surface area contributed by atoms with Crippen molar-refractivity contribution >= 4 is 10.9 Å². The van der Waals surface area contributed by atoms with E-state index >= 15 is 0 Å². The molecule has 0 N–H and O–H groups in total. The fourth-order valence-corrected chi connectivity index (χ4v) is 7.24. The molecule has 0 unspecified atom stereocenters. The Kier molecular flexibility index (Phi) is 4.33. The first-order valence-corrected chi connectivity index (χ1v) is 11.5. The van der Waals surface area contributed by atoms with Crippen molar-refractivity contribution in [3.05, 3.63) is 64.6 Å². The summed E-state index contributed by atoms with van der Waals surface area (Å²) < 4.78 is 42.2.